The number of hydrogen-bond acceptors (Lipinski definition) is 5. The summed E-state index contributed by atoms with van der Waals surface area (Å²) in [7, 11) is 3.31. The molecule has 1 saturated carbocycles. The maximum Gasteiger partial charge on any atom is 0.326 e. The molecule has 1 aromatic rings. The third-order valence-electron chi connectivity index (χ3n) is 7.11. The van der Waals surface area contributed by atoms with Gasteiger partial charge in [-0.2, -0.15) is 0 Å². The molecule has 1 spiro atoms. The number of likely N-dealkylation sites (tertiary alicyclic amines) is 1. The van der Waals surface area contributed by atoms with Crippen LogP contribution in [0.25, 0.3) is 0 Å². The van der Waals surface area contributed by atoms with E-state index in [0.717, 1.165) is 42.9 Å². The van der Waals surface area contributed by atoms with Gasteiger partial charge in [0, 0.05) is 18.2 Å². The minimum Gasteiger partial charge on any atom is -0.497 e. The predicted molar refractivity (Wildman–Crippen MR) is 118 cm³/mol. The van der Waals surface area contributed by atoms with Crippen LogP contribution in [0.5, 0.6) is 11.5 Å². The van der Waals surface area contributed by atoms with Gasteiger partial charge in [0.2, 0.25) is 0 Å². The van der Waals surface area contributed by atoms with Gasteiger partial charge in [-0.3, -0.25) is 9.69 Å². The van der Waals surface area contributed by atoms with Crippen LogP contribution in [0.15, 0.2) is 18.2 Å². The maximum absolute atomic E-state index is 13.6. The van der Waals surface area contributed by atoms with Gasteiger partial charge in [0.1, 0.15) is 17.0 Å². The zero-order valence-corrected chi connectivity index (χ0v) is 19.4. The van der Waals surface area contributed by atoms with Crippen molar-refractivity contribution in [3.63, 3.8) is 0 Å². The van der Waals surface area contributed by atoms with Gasteiger partial charge in [0.25, 0.3) is 5.91 Å². The van der Waals surface area contributed by atoms with Crippen molar-refractivity contribution in [3.05, 3.63) is 23.8 Å². The Bertz CT molecular complexity index is 870. The molecule has 2 heterocycles. The number of amides is 3. The van der Waals surface area contributed by atoms with E-state index in [2.05, 4.69) is 31.0 Å². The molecule has 1 aromatic carbocycles. The molecule has 3 aliphatic rings. The number of imide groups is 1. The highest BCUT2D eigenvalue weighted by atomic mass is 16.5. The molecule has 7 nitrogen and oxygen atoms in total. The minimum atomic E-state index is -0.763. The molecule has 31 heavy (non-hydrogen) atoms. The lowest BCUT2D eigenvalue weighted by molar-refractivity contribution is -0.136. The Morgan fingerprint density at radius 1 is 1.16 bits per heavy atom. The fraction of sp³-hybridized carbons (Fsp3) is 0.667. The summed E-state index contributed by atoms with van der Waals surface area (Å²) in [5.74, 6) is 1.90. The Morgan fingerprint density at radius 3 is 2.61 bits per heavy atom. The second-order valence-corrected chi connectivity index (χ2v) is 10.3. The average Bonchev–Trinajstić information content (AvgIpc) is 3.24. The molecule has 3 amide bonds. The molecule has 0 radical (unpaired) electrons. The van der Waals surface area contributed by atoms with Crippen molar-refractivity contribution in [1.82, 2.24) is 15.1 Å². The number of carbonyl (C=O) groups is 2. The SMILES string of the molecule is COc1ccc(OC)c([C@@H]2CCCN2CN2C(=O)N[C@]3(C[C@H](C)CC(C)(C)C3)C2=O)c1. The molecule has 1 aliphatic carbocycles. The van der Waals surface area contributed by atoms with Crippen LogP contribution >= 0.6 is 0 Å². The molecule has 3 atom stereocenters. The molecule has 0 aromatic heterocycles. The summed E-state index contributed by atoms with van der Waals surface area (Å²) >= 11 is 0. The first kappa shape index (κ1) is 21.9. The second-order valence-electron chi connectivity index (χ2n) is 10.3. The van der Waals surface area contributed by atoms with Crippen LogP contribution in [0, 0.1) is 11.3 Å². The van der Waals surface area contributed by atoms with E-state index in [0.29, 0.717) is 25.4 Å². The van der Waals surface area contributed by atoms with Crippen molar-refractivity contribution in [1.29, 1.82) is 0 Å². The molecule has 0 bridgehead atoms. The van der Waals surface area contributed by atoms with Crippen LogP contribution in [-0.2, 0) is 4.79 Å². The van der Waals surface area contributed by atoms with E-state index in [-0.39, 0.29) is 23.4 Å². The van der Waals surface area contributed by atoms with Gasteiger partial charge in [-0.05, 0) is 61.6 Å². The lowest BCUT2D eigenvalue weighted by Crippen LogP contribution is -2.54. The van der Waals surface area contributed by atoms with Crippen molar-refractivity contribution in [2.75, 3.05) is 27.4 Å². The number of nitrogens with zero attached hydrogens (tertiary/aromatic N) is 2. The van der Waals surface area contributed by atoms with E-state index in [1.807, 2.05) is 18.2 Å². The Kier molecular flexibility index (Phi) is 5.66. The first-order chi connectivity index (χ1) is 14.7. The normalized spacial score (nSPS) is 30.7. The van der Waals surface area contributed by atoms with E-state index >= 15 is 0 Å². The summed E-state index contributed by atoms with van der Waals surface area (Å²) in [5.41, 5.74) is 0.301. The number of methoxy groups -OCH3 is 2. The highest BCUT2D eigenvalue weighted by molar-refractivity contribution is 6.07. The number of rotatable bonds is 5. The largest absolute Gasteiger partial charge is 0.497 e. The Labute approximate surface area is 185 Å². The predicted octanol–water partition coefficient (Wildman–Crippen LogP) is 3.94. The fourth-order valence-corrected chi connectivity index (χ4v) is 6.26. The van der Waals surface area contributed by atoms with E-state index < -0.39 is 5.54 Å². The summed E-state index contributed by atoms with van der Waals surface area (Å²) in [5, 5.41) is 3.09. The Morgan fingerprint density at radius 2 is 1.94 bits per heavy atom. The minimum absolute atomic E-state index is 0.0285. The summed E-state index contributed by atoms with van der Waals surface area (Å²) in [6, 6.07) is 5.61. The zero-order chi connectivity index (χ0) is 22.4. The number of ether oxygens (including phenoxy) is 2. The molecule has 3 fully saturated rings. The quantitative estimate of drug-likeness (QED) is 0.718. The first-order valence-corrected chi connectivity index (χ1v) is 11.3. The molecule has 2 aliphatic heterocycles. The topological polar surface area (TPSA) is 71.1 Å². The highest BCUT2D eigenvalue weighted by Gasteiger charge is 2.56. The number of hydrogen-bond donors (Lipinski definition) is 1. The Hall–Kier alpha value is -2.28. The monoisotopic (exact) mass is 429 g/mol. The van der Waals surface area contributed by atoms with Gasteiger partial charge in [-0.25, -0.2) is 9.69 Å². The number of nitrogens with one attached hydrogen (secondary N) is 1. The van der Waals surface area contributed by atoms with Crippen molar-refractivity contribution in [2.45, 2.75) is 64.5 Å². The van der Waals surface area contributed by atoms with Gasteiger partial charge in [0.05, 0.1) is 20.9 Å². The van der Waals surface area contributed by atoms with Gasteiger partial charge in [-0.1, -0.05) is 20.8 Å². The Balaban J connectivity index is 1.56. The van der Waals surface area contributed by atoms with E-state index in [9.17, 15) is 9.59 Å². The van der Waals surface area contributed by atoms with E-state index in [1.54, 1.807) is 14.2 Å². The summed E-state index contributed by atoms with van der Waals surface area (Å²) in [6.07, 6.45) is 4.43. The molecule has 1 N–H and O–H groups in total. The number of urea groups is 1. The van der Waals surface area contributed by atoms with Gasteiger partial charge in [-0.15, -0.1) is 0 Å². The van der Waals surface area contributed by atoms with Gasteiger partial charge < -0.3 is 14.8 Å². The van der Waals surface area contributed by atoms with Crippen LogP contribution in [0.2, 0.25) is 0 Å². The van der Waals surface area contributed by atoms with Crippen molar-refractivity contribution >= 4 is 11.9 Å². The second kappa shape index (κ2) is 8.01. The third kappa shape index (κ3) is 4.00. The zero-order valence-electron chi connectivity index (χ0n) is 19.4. The smallest absolute Gasteiger partial charge is 0.326 e. The lowest BCUT2D eigenvalue weighted by Gasteiger charge is -2.44. The van der Waals surface area contributed by atoms with Gasteiger partial charge in [0.15, 0.2) is 0 Å². The molecule has 2 saturated heterocycles. The van der Waals surface area contributed by atoms with E-state index in [1.165, 1.54) is 4.90 Å². The van der Waals surface area contributed by atoms with Crippen LogP contribution in [0.4, 0.5) is 4.79 Å². The maximum atomic E-state index is 13.6. The third-order valence-corrected chi connectivity index (χ3v) is 7.11. The molecule has 7 heteroatoms. The average molecular weight is 430 g/mol. The fourth-order valence-electron chi connectivity index (χ4n) is 6.26. The lowest BCUT2D eigenvalue weighted by atomic mass is 9.64. The molecular formula is C24H35N3O4. The molecule has 170 valence electrons. The van der Waals surface area contributed by atoms with Crippen LogP contribution in [-0.4, -0.2) is 54.7 Å². The molecule has 0 unspecified atom stereocenters. The standard InChI is InChI=1S/C24H35N3O4/c1-16-12-23(2,3)14-24(13-16)21(28)27(22(29)25-24)15-26-10-6-7-19(26)18-11-17(30-4)8-9-20(18)31-5/h8-9,11,16,19H,6-7,10,12-15H2,1-5H3,(H,25,29)/t16-,19+,24+/m1/s1. The van der Waals surface area contributed by atoms with E-state index in [4.69, 9.17) is 9.47 Å². The number of benzene rings is 1. The number of carbonyl (C=O) groups excluding carboxylic acids is 2. The summed E-state index contributed by atoms with van der Waals surface area (Å²) in [6.45, 7) is 7.69. The molecule has 4 rings (SSSR count). The summed E-state index contributed by atoms with van der Waals surface area (Å²) < 4.78 is 11.0. The van der Waals surface area contributed by atoms with Crippen molar-refractivity contribution in [2.24, 2.45) is 11.3 Å². The molecular weight excluding hydrogens is 394 g/mol. The van der Waals surface area contributed by atoms with Crippen molar-refractivity contribution in [3.8, 4) is 11.5 Å². The van der Waals surface area contributed by atoms with Crippen LogP contribution < -0.4 is 14.8 Å². The van der Waals surface area contributed by atoms with Crippen LogP contribution in [0.1, 0.15) is 64.5 Å². The van der Waals surface area contributed by atoms with Crippen molar-refractivity contribution < 1.29 is 19.1 Å². The van der Waals surface area contributed by atoms with Gasteiger partial charge >= 0.3 is 6.03 Å². The highest BCUT2D eigenvalue weighted by Crippen LogP contribution is 2.47. The first-order valence-electron chi connectivity index (χ1n) is 11.3. The van der Waals surface area contributed by atoms with Crippen LogP contribution in [0.3, 0.4) is 0 Å². The summed E-state index contributed by atoms with van der Waals surface area (Å²) in [4.78, 5) is 30.1.